The summed E-state index contributed by atoms with van der Waals surface area (Å²) in [4.78, 5) is 28.4. The largest absolute Gasteiger partial charge is 0.480 e. The van der Waals surface area contributed by atoms with Gasteiger partial charge < -0.3 is 10.0 Å². The number of rotatable bonds is 2. The molecule has 1 N–H and O–H groups in total. The maximum Gasteiger partial charge on any atom is 0.319 e. The van der Waals surface area contributed by atoms with Gasteiger partial charge in [-0.2, -0.15) is 0 Å². The number of hydrogen-bond acceptors (Lipinski definition) is 3. The second kappa shape index (κ2) is 4.78. The van der Waals surface area contributed by atoms with Crippen LogP contribution in [-0.4, -0.2) is 59.0 Å². The number of carboxylic acids is 1. The van der Waals surface area contributed by atoms with E-state index in [0.717, 1.165) is 45.4 Å². The Labute approximate surface area is 113 Å². The van der Waals surface area contributed by atoms with Gasteiger partial charge in [-0.25, -0.2) is 0 Å². The van der Waals surface area contributed by atoms with E-state index in [-0.39, 0.29) is 5.91 Å². The summed E-state index contributed by atoms with van der Waals surface area (Å²) in [7, 11) is 0. The van der Waals surface area contributed by atoms with Crippen molar-refractivity contribution in [2.24, 2.45) is 5.41 Å². The van der Waals surface area contributed by atoms with Crippen molar-refractivity contribution < 1.29 is 14.7 Å². The molecule has 3 aliphatic rings. The molecule has 1 amide bonds. The summed E-state index contributed by atoms with van der Waals surface area (Å²) >= 11 is 0. The fraction of sp³-hybridized carbons (Fsp3) is 0.857. The van der Waals surface area contributed by atoms with Gasteiger partial charge in [0.2, 0.25) is 5.91 Å². The lowest BCUT2D eigenvalue weighted by atomic mass is 9.67. The summed E-state index contributed by atoms with van der Waals surface area (Å²) in [6, 6.07) is 0.456. The minimum Gasteiger partial charge on any atom is -0.480 e. The fourth-order valence-electron chi connectivity index (χ4n) is 3.74. The van der Waals surface area contributed by atoms with E-state index >= 15 is 0 Å². The van der Waals surface area contributed by atoms with Crippen LogP contribution in [0.15, 0.2) is 0 Å². The molecule has 0 bridgehead atoms. The molecule has 3 rings (SSSR count). The minimum atomic E-state index is -1.09. The van der Waals surface area contributed by atoms with E-state index in [2.05, 4.69) is 4.90 Å². The van der Waals surface area contributed by atoms with E-state index in [4.69, 9.17) is 0 Å². The Kier molecular flexibility index (Phi) is 3.25. The molecular weight excluding hydrogens is 244 g/mol. The Bertz CT molecular complexity index is 392. The summed E-state index contributed by atoms with van der Waals surface area (Å²) < 4.78 is 0. The lowest BCUT2D eigenvalue weighted by molar-refractivity contribution is -0.167. The smallest absolute Gasteiger partial charge is 0.319 e. The van der Waals surface area contributed by atoms with Gasteiger partial charge in [-0.3, -0.25) is 14.5 Å². The number of amides is 1. The van der Waals surface area contributed by atoms with Gasteiger partial charge in [0.05, 0.1) is 0 Å². The SMILES string of the molecule is O=C(O)C1(C(=O)N2CCCN3CCCC3C2)CCC1. The van der Waals surface area contributed by atoms with Gasteiger partial charge in [-0.05, 0) is 38.6 Å². The van der Waals surface area contributed by atoms with Crippen molar-refractivity contribution in [3.8, 4) is 0 Å². The molecule has 5 heteroatoms. The van der Waals surface area contributed by atoms with Crippen LogP contribution in [-0.2, 0) is 9.59 Å². The van der Waals surface area contributed by atoms with Gasteiger partial charge in [0.15, 0.2) is 0 Å². The molecule has 106 valence electrons. The van der Waals surface area contributed by atoms with Gasteiger partial charge in [0.1, 0.15) is 5.41 Å². The normalized spacial score (nSPS) is 30.3. The molecule has 5 nitrogen and oxygen atoms in total. The van der Waals surface area contributed by atoms with E-state index in [9.17, 15) is 14.7 Å². The first-order valence-electron chi connectivity index (χ1n) is 7.40. The molecule has 1 saturated carbocycles. The number of carboxylic acid groups (broad SMARTS) is 1. The Morgan fingerprint density at radius 3 is 2.42 bits per heavy atom. The third-order valence-electron chi connectivity index (χ3n) is 5.12. The Hall–Kier alpha value is -1.10. The second-order valence-corrected chi connectivity index (χ2v) is 6.18. The van der Waals surface area contributed by atoms with E-state index in [1.807, 2.05) is 4.90 Å². The number of aliphatic carboxylic acids is 1. The summed E-state index contributed by atoms with van der Waals surface area (Å²) in [6.45, 7) is 3.64. The fourth-order valence-corrected chi connectivity index (χ4v) is 3.74. The van der Waals surface area contributed by atoms with Gasteiger partial charge in [0, 0.05) is 25.7 Å². The molecule has 0 spiro atoms. The Balaban J connectivity index is 1.74. The summed E-state index contributed by atoms with van der Waals surface area (Å²) in [6.07, 6.45) is 5.22. The number of carbonyl (C=O) groups excluding carboxylic acids is 1. The highest BCUT2D eigenvalue weighted by molar-refractivity contribution is 6.02. The van der Waals surface area contributed by atoms with Crippen molar-refractivity contribution in [2.45, 2.75) is 44.6 Å². The van der Waals surface area contributed by atoms with Crippen LogP contribution in [0.3, 0.4) is 0 Å². The molecule has 2 aliphatic heterocycles. The Morgan fingerprint density at radius 2 is 1.79 bits per heavy atom. The van der Waals surface area contributed by atoms with E-state index in [1.54, 1.807) is 0 Å². The highest BCUT2D eigenvalue weighted by Crippen LogP contribution is 2.43. The first-order valence-corrected chi connectivity index (χ1v) is 7.40. The van der Waals surface area contributed by atoms with Crippen molar-refractivity contribution in [1.82, 2.24) is 9.80 Å². The van der Waals surface area contributed by atoms with Crippen LogP contribution in [0.2, 0.25) is 0 Å². The predicted octanol–water partition coefficient (Wildman–Crippen LogP) is 0.938. The number of fused-ring (bicyclic) bond motifs is 1. The summed E-state index contributed by atoms with van der Waals surface area (Å²) in [5.41, 5.74) is -1.09. The quantitative estimate of drug-likeness (QED) is 0.756. The highest BCUT2D eigenvalue weighted by atomic mass is 16.4. The first-order chi connectivity index (χ1) is 9.13. The molecule has 2 saturated heterocycles. The minimum absolute atomic E-state index is 0.125. The summed E-state index contributed by atoms with van der Waals surface area (Å²) in [5.74, 6) is -1.05. The highest BCUT2D eigenvalue weighted by Gasteiger charge is 2.53. The van der Waals surface area contributed by atoms with Crippen molar-refractivity contribution in [3.05, 3.63) is 0 Å². The van der Waals surface area contributed by atoms with Crippen molar-refractivity contribution >= 4 is 11.9 Å². The average molecular weight is 266 g/mol. The van der Waals surface area contributed by atoms with Crippen molar-refractivity contribution in [2.75, 3.05) is 26.2 Å². The molecule has 2 heterocycles. The van der Waals surface area contributed by atoms with Crippen LogP contribution in [0.1, 0.15) is 38.5 Å². The monoisotopic (exact) mass is 266 g/mol. The van der Waals surface area contributed by atoms with Crippen LogP contribution in [0.4, 0.5) is 0 Å². The topological polar surface area (TPSA) is 60.9 Å². The zero-order valence-corrected chi connectivity index (χ0v) is 11.3. The van der Waals surface area contributed by atoms with Crippen molar-refractivity contribution in [3.63, 3.8) is 0 Å². The van der Waals surface area contributed by atoms with Crippen LogP contribution < -0.4 is 0 Å². The standard InChI is InChI=1S/C14H22N2O3/c17-12(14(13(18)19)5-2-6-14)16-9-3-8-15-7-1-4-11(15)10-16/h11H,1-10H2,(H,18,19). The van der Waals surface area contributed by atoms with E-state index in [1.165, 1.54) is 6.42 Å². The van der Waals surface area contributed by atoms with Crippen LogP contribution in [0, 0.1) is 5.41 Å². The maximum absolute atomic E-state index is 12.6. The number of carbonyl (C=O) groups is 2. The first kappa shape index (κ1) is 12.9. The zero-order valence-electron chi connectivity index (χ0n) is 11.3. The number of hydrogen-bond donors (Lipinski definition) is 1. The molecule has 0 aromatic rings. The van der Waals surface area contributed by atoms with E-state index < -0.39 is 11.4 Å². The molecule has 0 aromatic heterocycles. The van der Waals surface area contributed by atoms with E-state index in [0.29, 0.717) is 18.9 Å². The summed E-state index contributed by atoms with van der Waals surface area (Å²) in [5, 5.41) is 9.38. The van der Waals surface area contributed by atoms with Crippen LogP contribution in [0.5, 0.6) is 0 Å². The zero-order chi connectivity index (χ0) is 13.5. The van der Waals surface area contributed by atoms with Crippen LogP contribution >= 0.6 is 0 Å². The van der Waals surface area contributed by atoms with Gasteiger partial charge in [-0.1, -0.05) is 6.42 Å². The number of nitrogens with zero attached hydrogens (tertiary/aromatic N) is 2. The van der Waals surface area contributed by atoms with Gasteiger partial charge >= 0.3 is 5.97 Å². The maximum atomic E-state index is 12.6. The Morgan fingerprint density at radius 1 is 1.05 bits per heavy atom. The van der Waals surface area contributed by atoms with Gasteiger partial charge in [-0.15, -0.1) is 0 Å². The van der Waals surface area contributed by atoms with Crippen molar-refractivity contribution in [1.29, 1.82) is 0 Å². The molecular formula is C14H22N2O3. The molecule has 1 aliphatic carbocycles. The molecule has 3 fully saturated rings. The van der Waals surface area contributed by atoms with Gasteiger partial charge in [0.25, 0.3) is 0 Å². The van der Waals surface area contributed by atoms with Crippen LogP contribution in [0.25, 0.3) is 0 Å². The second-order valence-electron chi connectivity index (χ2n) is 6.18. The molecule has 1 unspecified atom stereocenters. The average Bonchev–Trinajstić information content (AvgIpc) is 2.64. The molecule has 0 radical (unpaired) electrons. The third kappa shape index (κ3) is 2.04. The predicted molar refractivity (Wildman–Crippen MR) is 69.7 cm³/mol. The third-order valence-corrected chi connectivity index (χ3v) is 5.12. The lowest BCUT2D eigenvalue weighted by Gasteiger charge is -2.40. The molecule has 0 aromatic carbocycles. The lowest BCUT2D eigenvalue weighted by Crippen LogP contribution is -2.54. The molecule has 19 heavy (non-hydrogen) atoms. The molecule has 1 atom stereocenters.